The van der Waals surface area contributed by atoms with Crippen LogP contribution in [0.1, 0.15) is 22.7 Å². The van der Waals surface area contributed by atoms with Gasteiger partial charge in [-0.25, -0.2) is 0 Å². The van der Waals surface area contributed by atoms with Crippen LogP contribution in [0.3, 0.4) is 0 Å². The molecule has 21 heavy (non-hydrogen) atoms. The molecule has 0 aromatic heterocycles. The highest BCUT2D eigenvalue weighted by atomic mass is 16.2. The lowest BCUT2D eigenvalue weighted by Gasteiger charge is -2.22. The van der Waals surface area contributed by atoms with Crippen LogP contribution in [-0.2, 0) is 4.79 Å². The van der Waals surface area contributed by atoms with Gasteiger partial charge in [-0.15, -0.1) is 0 Å². The van der Waals surface area contributed by atoms with Crippen LogP contribution in [0, 0.1) is 18.3 Å². The van der Waals surface area contributed by atoms with Gasteiger partial charge in [-0.1, -0.05) is 42.0 Å². The highest BCUT2D eigenvalue weighted by Crippen LogP contribution is 2.22. The summed E-state index contributed by atoms with van der Waals surface area (Å²) in [6.45, 7) is 1.98. The first-order chi connectivity index (χ1) is 10.0. The second kappa shape index (κ2) is 6.21. The van der Waals surface area contributed by atoms with E-state index in [-0.39, 0.29) is 5.91 Å². The van der Waals surface area contributed by atoms with Gasteiger partial charge in [0, 0.05) is 7.05 Å². The number of likely N-dealkylation sites (N-methyl/N-ethyl adjacent to an activating group) is 1. The van der Waals surface area contributed by atoms with Gasteiger partial charge in [0.1, 0.15) is 12.1 Å². The van der Waals surface area contributed by atoms with E-state index in [1.807, 2.05) is 31.2 Å². The zero-order valence-corrected chi connectivity index (χ0v) is 12.1. The van der Waals surface area contributed by atoms with Crippen LogP contribution < -0.4 is 10.6 Å². The number of anilines is 1. The fraction of sp³-hybridized carbons (Fsp3) is 0.176. The number of nitriles is 1. The van der Waals surface area contributed by atoms with Crippen LogP contribution in [0.15, 0.2) is 48.5 Å². The van der Waals surface area contributed by atoms with E-state index in [9.17, 15) is 4.79 Å². The zero-order valence-electron chi connectivity index (χ0n) is 12.1. The number of carbonyl (C=O) groups excluding carboxylic acids is 1. The van der Waals surface area contributed by atoms with Crippen molar-refractivity contribution in [3.63, 3.8) is 0 Å². The molecule has 1 atom stereocenters. The third kappa shape index (κ3) is 3.10. The van der Waals surface area contributed by atoms with Gasteiger partial charge in [0.25, 0.3) is 0 Å². The minimum atomic E-state index is -0.748. The number of benzene rings is 2. The summed E-state index contributed by atoms with van der Waals surface area (Å²) in [6.07, 6.45) is 0. The van der Waals surface area contributed by atoms with Crippen LogP contribution in [-0.4, -0.2) is 13.0 Å². The van der Waals surface area contributed by atoms with E-state index in [1.54, 1.807) is 31.3 Å². The maximum absolute atomic E-state index is 12.5. The smallest absolute Gasteiger partial charge is 0.248 e. The summed E-state index contributed by atoms with van der Waals surface area (Å²) in [6, 6.07) is 15.8. The molecule has 1 amide bonds. The molecular weight excluding hydrogens is 262 g/mol. The Morgan fingerprint density at radius 1 is 1.19 bits per heavy atom. The van der Waals surface area contributed by atoms with E-state index in [0.29, 0.717) is 11.3 Å². The molecule has 0 spiro atoms. The number of hydrogen-bond acceptors (Lipinski definition) is 3. The van der Waals surface area contributed by atoms with Crippen molar-refractivity contribution in [2.75, 3.05) is 11.9 Å². The molecule has 4 nitrogen and oxygen atoms in total. The van der Waals surface area contributed by atoms with Crippen LogP contribution >= 0.6 is 0 Å². The Balaban J connectivity index is 2.27. The number of amides is 1. The van der Waals surface area contributed by atoms with Crippen molar-refractivity contribution in [1.82, 2.24) is 0 Å². The van der Waals surface area contributed by atoms with Gasteiger partial charge in [0.05, 0.1) is 11.3 Å². The number of aryl methyl sites for hydroxylation is 1. The predicted molar refractivity (Wildman–Crippen MR) is 82.7 cm³/mol. The number of nitrogens with two attached hydrogens (primary N) is 1. The summed E-state index contributed by atoms with van der Waals surface area (Å²) in [5.74, 6) is -0.249. The van der Waals surface area contributed by atoms with Crippen molar-refractivity contribution < 1.29 is 4.79 Å². The van der Waals surface area contributed by atoms with Crippen LogP contribution in [0.5, 0.6) is 0 Å². The molecular formula is C17H17N3O. The Labute approximate surface area is 124 Å². The number of carbonyl (C=O) groups is 1. The fourth-order valence-corrected chi connectivity index (χ4v) is 2.10. The van der Waals surface area contributed by atoms with E-state index in [2.05, 4.69) is 6.07 Å². The lowest BCUT2D eigenvalue weighted by molar-refractivity contribution is -0.119. The molecule has 2 N–H and O–H groups in total. The minimum Gasteiger partial charge on any atom is -0.316 e. The molecule has 0 aliphatic rings. The molecule has 0 radical (unpaired) electrons. The SMILES string of the molecule is Cc1ccc(C(N)C(=O)N(C)c2ccccc2C#N)cc1. The summed E-state index contributed by atoms with van der Waals surface area (Å²) >= 11 is 0. The average molecular weight is 279 g/mol. The number of nitrogens with zero attached hydrogens (tertiary/aromatic N) is 2. The van der Waals surface area contributed by atoms with Crippen molar-refractivity contribution in [2.24, 2.45) is 5.73 Å². The van der Waals surface area contributed by atoms with E-state index < -0.39 is 6.04 Å². The quantitative estimate of drug-likeness (QED) is 0.938. The van der Waals surface area contributed by atoms with E-state index in [0.717, 1.165) is 11.1 Å². The first-order valence-electron chi connectivity index (χ1n) is 6.63. The topological polar surface area (TPSA) is 70.1 Å². The van der Waals surface area contributed by atoms with Gasteiger partial charge in [0.2, 0.25) is 5.91 Å². The van der Waals surface area contributed by atoms with Gasteiger partial charge in [-0.2, -0.15) is 5.26 Å². The molecule has 2 aromatic rings. The molecule has 2 rings (SSSR count). The van der Waals surface area contributed by atoms with Gasteiger partial charge < -0.3 is 10.6 Å². The lowest BCUT2D eigenvalue weighted by atomic mass is 10.0. The average Bonchev–Trinajstić information content (AvgIpc) is 2.53. The Hall–Kier alpha value is -2.64. The molecule has 0 saturated heterocycles. The molecule has 0 heterocycles. The van der Waals surface area contributed by atoms with E-state index in [4.69, 9.17) is 11.0 Å². The molecule has 2 aromatic carbocycles. The molecule has 0 aliphatic heterocycles. The number of para-hydroxylation sites is 1. The first-order valence-corrected chi connectivity index (χ1v) is 6.63. The van der Waals surface area contributed by atoms with Crippen molar-refractivity contribution in [3.05, 3.63) is 65.2 Å². The fourth-order valence-electron chi connectivity index (χ4n) is 2.10. The van der Waals surface area contributed by atoms with E-state index >= 15 is 0 Å². The summed E-state index contributed by atoms with van der Waals surface area (Å²) in [4.78, 5) is 13.9. The standard InChI is InChI=1S/C17H17N3O/c1-12-7-9-13(10-8-12)16(19)17(21)20(2)15-6-4-3-5-14(15)11-18/h3-10,16H,19H2,1-2H3. The summed E-state index contributed by atoms with van der Waals surface area (Å²) < 4.78 is 0. The Morgan fingerprint density at radius 3 is 2.43 bits per heavy atom. The monoisotopic (exact) mass is 279 g/mol. The van der Waals surface area contributed by atoms with Crippen LogP contribution in [0.4, 0.5) is 5.69 Å². The van der Waals surface area contributed by atoms with E-state index in [1.165, 1.54) is 4.90 Å². The lowest BCUT2D eigenvalue weighted by Crippen LogP contribution is -2.36. The van der Waals surface area contributed by atoms with Gasteiger partial charge >= 0.3 is 0 Å². The van der Waals surface area contributed by atoms with Crippen molar-refractivity contribution in [2.45, 2.75) is 13.0 Å². The first kappa shape index (κ1) is 14.8. The van der Waals surface area contributed by atoms with Crippen LogP contribution in [0.2, 0.25) is 0 Å². The van der Waals surface area contributed by atoms with Crippen LogP contribution in [0.25, 0.3) is 0 Å². The van der Waals surface area contributed by atoms with Crippen molar-refractivity contribution in [3.8, 4) is 6.07 Å². The molecule has 4 heteroatoms. The van der Waals surface area contributed by atoms with Crippen molar-refractivity contribution in [1.29, 1.82) is 5.26 Å². The highest BCUT2D eigenvalue weighted by Gasteiger charge is 2.22. The normalized spacial score (nSPS) is 11.5. The predicted octanol–water partition coefficient (Wildman–Crippen LogP) is 2.53. The maximum Gasteiger partial charge on any atom is 0.248 e. The number of rotatable bonds is 3. The molecule has 0 fully saturated rings. The second-order valence-corrected chi connectivity index (χ2v) is 4.91. The molecule has 0 aliphatic carbocycles. The third-order valence-corrected chi connectivity index (χ3v) is 3.42. The largest absolute Gasteiger partial charge is 0.316 e. The Bertz CT molecular complexity index is 686. The molecule has 0 saturated carbocycles. The third-order valence-electron chi connectivity index (χ3n) is 3.42. The molecule has 1 unspecified atom stereocenters. The van der Waals surface area contributed by atoms with Gasteiger partial charge in [0.15, 0.2) is 0 Å². The summed E-state index contributed by atoms with van der Waals surface area (Å²) in [5, 5.41) is 9.12. The summed E-state index contributed by atoms with van der Waals surface area (Å²) in [5.41, 5.74) is 8.92. The molecule has 0 bridgehead atoms. The molecule has 106 valence electrons. The maximum atomic E-state index is 12.5. The highest BCUT2D eigenvalue weighted by molar-refractivity contribution is 5.98. The minimum absolute atomic E-state index is 0.249. The second-order valence-electron chi connectivity index (χ2n) is 4.91. The Morgan fingerprint density at radius 2 is 1.81 bits per heavy atom. The van der Waals surface area contributed by atoms with Gasteiger partial charge in [-0.3, -0.25) is 4.79 Å². The van der Waals surface area contributed by atoms with Crippen molar-refractivity contribution >= 4 is 11.6 Å². The number of hydrogen-bond donors (Lipinski definition) is 1. The zero-order chi connectivity index (χ0) is 15.4. The van der Waals surface area contributed by atoms with Gasteiger partial charge in [-0.05, 0) is 24.6 Å². The summed E-state index contributed by atoms with van der Waals surface area (Å²) in [7, 11) is 1.63. The Kier molecular flexibility index (Phi) is 4.36.